The maximum atomic E-state index is 5.20. The van der Waals surface area contributed by atoms with Crippen LogP contribution in [0.1, 0.15) is 13.3 Å². The molecule has 3 nitrogen and oxygen atoms in total. The van der Waals surface area contributed by atoms with Crippen molar-refractivity contribution in [1.29, 1.82) is 0 Å². The van der Waals surface area contributed by atoms with Gasteiger partial charge in [0.05, 0.1) is 19.8 Å². The fraction of sp³-hybridized carbons (Fsp3) is 1.00. The molecule has 0 aliphatic carbocycles. The smallest absolute Gasteiger partial charge is 0.0701 e. The van der Waals surface area contributed by atoms with Crippen molar-refractivity contribution in [2.24, 2.45) is 5.73 Å². The van der Waals surface area contributed by atoms with E-state index in [9.17, 15) is 0 Å². The average Bonchev–Trinajstić information content (AvgIpc) is 1.97. The zero-order valence-electron chi connectivity index (χ0n) is 6.64. The molecule has 0 aliphatic heterocycles. The Labute approximate surface area is 62.5 Å². The molecule has 0 rings (SSSR count). The molecule has 62 valence electrons. The Bertz CT molecular complexity index is 51.6. The van der Waals surface area contributed by atoms with Crippen LogP contribution in [0.3, 0.4) is 0 Å². The first kappa shape index (κ1) is 9.88. The molecule has 0 spiro atoms. The fourth-order valence-corrected chi connectivity index (χ4v) is 0.550. The quantitative estimate of drug-likeness (QED) is 0.530. The Morgan fingerprint density at radius 1 is 1.00 bits per heavy atom. The van der Waals surface area contributed by atoms with Crippen LogP contribution in [0.4, 0.5) is 0 Å². The highest BCUT2D eigenvalue weighted by Crippen LogP contribution is 1.80. The molecule has 0 radical (unpaired) electrons. The lowest BCUT2D eigenvalue weighted by atomic mass is 10.5. The third-order valence-corrected chi connectivity index (χ3v) is 0.983. The van der Waals surface area contributed by atoms with Gasteiger partial charge < -0.3 is 15.2 Å². The van der Waals surface area contributed by atoms with Crippen LogP contribution in [0.25, 0.3) is 0 Å². The summed E-state index contributed by atoms with van der Waals surface area (Å²) in [6.07, 6.45) is 1.07. The highest BCUT2D eigenvalue weighted by atomic mass is 16.5. The molecule has 10 heavy (non-hydrogen) atoms. The molecule has 0 aliphatic rings. The van der Waals surface area contributed by atoms with E-state index in [0.29, 0.717) is 26.4 Å². The summed E-state index contributed by atoms with van der Waals surface area (Å²) < 4.78 is 10.2. The van der Waals surface area contributed by atoms with Crippen LogP contribution < -0.4 is 5.73 Å². The van der Waals surface area contributed by atoms with Crippen molar-refractivity contribution in [3.05, 3.63) is 0 Å². The van der Waals surface area contributed by atoms with Crippen molar-refractivity contribution >= 4 is 0 Å². The summed E-state index contributed by atoms with van der Waals surface area (Å²) in [7, 11) is 0. The van der Waals surface area contributed by atoms with Gasteiger partial charge in [-0.3, -0.25) is 0 Å². The predicted molar refractivity (Wildman–Crippen MR) is 41.0 cm³/mol. The minimum absolute atomic E-state index is 0.591. The highest BCUT2D eigenvalue weighted by molar-refractivity contribution is 4.32. The van der Waals surface area contributed by atoms with Gasteiger partial charge in [0, 0.05) is 13.2 Å². The van der Waals surface area contributed by atoms with E-state index in [-0.39, 0.29) is 0 Å². The number of rotatable bonds is 7. The molecule has 0 amide bonds. The van der Waals surface area contributed by atoms with Gasteiger partial charge in [0.1, 0.15) is 0 Å². The van der Waals surface area contributed by atoms with Gasteiger partial charge in [-0.25, -0.2) is 0 Å². The maximum Gasteiger partial charge on any atom is 0.0701 e. The molecule has 0 saturated carbocycles. The Morgan fingerprint density at radius 2 is 1.60 bits per heavy atom. The number of hydrogen-bond donors (Lipinski definition) is 1. The van der Waals surface area contributed by atoms with Crippen LogP contribution in [0.2, 0.25) is 0 Å². The zero-order chi connectivity index (χ0) is 7.66. The lowest BCUT2D eigenvalue weighted by Gasteiger charge is -2.02. The molecule has 0 aromatic rings. The summed E-state index contributed by atoms with van der Waals surface area (Å²) in [5.74, 6) is 0. The van der Waals surface area contributed by atoms with Gasteiger partial charge in [-0.15, -0.1) is 0 Å². The van der Waals surface area contributed by atoms with Crippen molar-refractivity contribution in [3.8, 4) is 0 Å². The third kappa shape index (κ3) is 7.88. The van der Waals surface area contributed by atoms with Crippen LogP contribution in [0.15, 0.2) is 0 Å². The van der Waals surface area contributed by atoms with E-state index in [1.165, 1.54) is 0 Å². The van der Waals surface area contributed by atoms with E-state index in [1.54, 1.807) is 0 Å². The topological polar surface area (TPSA) is 44.5 Å². The van der Waals surface area contributed by atoms with Crippen molar-refractivity contribution in [2.45, 2.75) is 13.3 Å². The van der Waals surface area contributed by atoms with Gasteiger partial charge in [0.25, 0.3) is 0 Å². The summed E-state index contributed by atoms with van der Waals surface area (Å²) in [4.78, 5) is 0. The summed E-state index contributed by atoms with van der Waals surface area (Å²) in [6, 6.07) is 0. The van der Waals surface area contributed by atoms with Crippen LogP contribution in [0, 0.1) is 0 Å². The second-order valence-corrected chi connectivity index (χ2v) is 2.01. The van der Waals surface area contributed by atoms with Gasteiger partial charge in [-0.1, -0.05) is 6.92 Å². The first-order chi connectivity index (χ1) is 4.91. The van der Waals surface area contributed by atoms with Gasteiger partial charge in [-0.2, -0.15) is 0 Å². The standard InChI is InChI=1S/C7H17NO2/c1-2-4-9-6-7-10-5-3-8/h2-8H2,1H3. The summed E-state index contributed by atoms with van der Waals surface area (Å²) in [5.41, 5.74) is 5.20. The Hall–Kier alpha value is -0.120. The molecule has 0 unspecified atom stereocenters. The van der Waals surface area contributed by atoms with E-state index in [2.05, 4.69) is 6.92 Å². The summed E-state index contributed by atoms with van der Waals surface area (Å²) in [5, 5.41) is 0. The zero-order valence-corrected chi connectivity index (χ0v) is 6.64. The Kier molecular flexibility index (Phi) is 8.77. The monoisotopic (exact) mass is 147 g/mol. The normalized spacial score (nSPS) is 10.2. The third-order valence-electron chi connectivity index (χ3n) is 0.983. The minimum atomic E-state index is 0.591. The molecule has 2 N–H and O–H groups in total. The predicted octanol–water partition coefficient (Wildman–Crippen LogP) is 0.388. The molecular formula is C7H17NO2. The van der Waals surface area contributed by atoms with Crippen molar-refractivity contribution in [3.63, 3.8) is 0 Å². The van der Waals surface area contributed by atoms with Gasteiger partial charge in [0.2, 0.25) is 0 Å². The van der Waals surface area contributed by atoms with Crippen LogP contribution in [0.5, 0.6) is 0 Å². The first-order valence-electron chi connectivity index (χ1n) is 3.77. The number of hydrogen-bond acceptors (Lipinski definition) is 3. The van der Waals surface area contributed by atoms with Crippen molar-refractivity contribution < 1.29 is 9.47 Å². The Morgan fingerprint density at radius 3 is 2.10 bits per heavy atom. The molecule has 0 atom stereocenters. The van der Waals surface area contributed by atoms with E-state index in [0.717, 1.165) is 13.0 Å². The lowest BCUT2D eigenvalue weighted by Crippen LogP contribution is -2.12. The van der Waals surface area contributed by atoms with Crippen LogP contribution in [-0.4, -0.2) is 33.0 Å². The lowest BCUT2D eigenvalue weighted by molar-refractivity contribution is 0.0510. The summed E-state index contributed by atoms with van der Waals surface area (Å²) >= 11 is 0. The van der Waals surface area contributed by atoms with E-state index >= 15 is 0 Å². The van der Waals surface area contributed by atoms with Crippen LogP contribution >= 0.6 is 0 Å². The Balaban J connectivity index is 2.65. The van der Waals surface area contributed by atoms with E-state index < -0.39 is 0 Å². The van der Waals surface area contributed by atoms with Crippen molar-refractivity contribution in [2.75, 3.05) is 33.0 Å². The second kappa shape index (κ2) is 8.88. The maximum absolute atomic E-state index is 5.20. The van der Waals surface area contributed by atoms with E-state index in [4.69, 9.17) is 15.2 Å². The number of ether oxygens (including phenoxy) is 2. The highest BCUT2D eigenvalue weighted by Gasteiger charge is 1.85. The first-order valence-corrected chi connectivity index (χ1v) is 3.77. The molecule has 0 fully saturated rings. The SMILES string of the molecule is CCCOCCOCCN. The van der Waals surface area contributed by atoms with Gasteiger partial charge in [0.15, 0.2) is 0 Å². The molecule has 0 aromatic heterocycles. The van der Waals surface area contributed by atoms with Gasteiger partial charge in [-0.05, 0) is 6.42 Å². The van der Waals surface area contributed by atoms with E-state index in [1.807, 2.05) is 0 Å². The largest absolute Gasteiger partial charge is 0.379 e. The number of nitrogens with two attached hydrogens (primary N) is 1. The molecule has 0 heterocycles. The summed E-state index contributed by atoms with van der Waals surface area (Å²) in [6.45, 7) is 5.49. The van der Waals surface area contributed by atoms with Gasteiger partial charge >= 0.3 is 0 Å². The van der Waals surface area contributed by atoms with Crippen LogP contribution in [-0.2, 0) is 9.47 Å². The fourth-order valence-electron chi connectivity index (χ4n) is 0.550. The van der Waals surface area contributed by atoms with Crippen molar-refractivity contribution in [1.82, 2.24) is 0 Å². The molecule has 3 heteroatoms. The molecular weight excluding hydrogens is 130 g/mol. The average molecular weight is 147 g/mol. The minimum Gasteiger partial charge on any atom is -0.379 e. The second-order valence-electron chi connectivity index (χ2n) is 2.01. The molecule has 0 aromatic carbocycles. The molecule has 0 bridgehead atoms. The molecule has 0 saturated heterocycles.